The summed E-state index contributed by atoms with van der Waals surface area (Å²) in [5.41, 5.74) is 17.0. The second-order valence-corrected chi connectivity index (χ2v) is 7.55. The number of nitrogens with zero attached hydrogens (tertiary/aromatic N) is 7. The van der Waals surface area contributed by atoms with Crippen LogP contribution in [0, 0.1) is 46.0 Å². The number of benzene rings is 2. The van der Waals surface area contributed by atoms with Crippen LogP contribution in [0.25, 0.3) is 43.6 Å². The third-order valence-corrected chi connectivity index (χ3v) is 4.99. The molecule has 0 radical (unpaired) electrons. The second kappa shape index (κ2) is 16.9. The summed E-state index contributed by atoms with van der Waals surface area (Å²) in [6.07, 6.45) is 7.06. The molecule has 0 unspecified atom stereocenters. The summed E-state index contributed by atoms with van der Waals surface area (Å²) in [6.45, 7) is 0. The van der Waals surface area contributed by atoms with Crippen molar-refractivity contribution in [1.82, 2.24) is 19.9 Å². The van der Waals surface area contributed by atoms with Crippen LogP contribution in [0.2, 0.25) is 0 Å². The molecule has 4 aromatic heterocycles. The third kappa shape index (κ3) is 10.8. The number of hydrogen-bond donors (Lipinski definition) is 2. The van der Waals surface area contributed by atoms with E-state index >= 15 is 0 Å². The Kier molecular flexibility index (Phi) is 13.8. The van der Waals surface area contributed by atoms with Crippen LogP contribution in [0.3, 0.4) is 0 Å². The fourth-order valence-electron chi connectivity index (χ4n) is 3.61. The number of nitrogen functional groups attached to an aromatic ring is 2. The minimum atomic E-state index is -1.75. The van der Waals surface area contributed by atoms with Gasteiger partial charge in [-0.05, 0) is 48.5 Å². The van der Waals surface area contributed by atoms with Crippen molar-refractivity contribution >= 4 is 55.0 Å². The molecule has 0 fully saturated rings. The van der Waals surface area contributed by atoms with Crippen LogP contribution in [0.4, 0.5) is 11.4 Å². The fourth-order valence-corrected chi connectivity index (χ4v) is 3.61. The predicted octanol–water partition coefficient (Wildman–Crippen LogP) is 4.01. The molecule has 0 amide bonds. The Morgan fingerprint density at radius 2 is 0.744 bits per heavy atom. The van der Waals surface area contributed by atoms with E-state index in [1.807, 2.05) is 60.7 Å². The van der Waals surface area contributed by atoms with Gasteiger partial charge in [0.1, 0.15) is 0 Å². The maximum Gasteiger partial charge on any atom is 2.00 e. The van der Waals surface area contributed by atoms with Gasteiger partial charge in [-0.2, -0.15) is 0 Å². The SMILES string of the molecule is Nc1cc2cccnc2c2ncccc12.Nc1cc2cccnc2c2ncccc12.O=[N+]([O-])[O-].O=[N+]([O-])[O-].O=[N+]([O-])[O-].[Pd+2]. The number of fused-ring (bicyclic) bond motifs is 6. The molecule has 18 nitrogen and oxygen atoms in total. The summed E-state index contributed by atoms with van der Waals surface area (Å²) < 4.78 is 0. The summed E-state index contributed by atoms with van der Waals surface area (Å²) in [6, 6.07) is 19.4. The maximum absolute atomic E-state index is 8.25. The van der Waals surface area contributed by atoms with E-state index in [4.69, 9.17) is 57.4 Å². The Balaban J connectivity index is 0.000000311. The Bertz CT molecular complexity index is 1710. The first-order valence-corrected chi connectivity index (χ1v) is 11.1. The third-order valence-electron chi connectivity index (χ3n) is 4.99. The molecule has 0 aliphatic carbocycles. The van der Waals surface area contributed by atoms with Gasteiger partial charge in [0.05, 0.1) is 37.3 Å². The van der Waals surface area contributed by atoms with Crippen molar-refractivity contribution in [1.29, 1.82) is 0 Å². The molecule has 0 spiro atoms. The topological polar surface area (TPSA) is 302 Å². The molecule has 4 heterocycles. The van der Waals surface area contributed by atoms with Crippen LogP contribution in [-0.2, 0) is 20.4 Å². The van der Waals surface area contributed by atoms with Crippen LogP contribution in [0.1, 0.15) is 0 Å². The molecule has 4 N–H and O–H groups in total. The van der Waals surface area contributed by atoms with Crippen molar-refractivity contribution in [3.8, 4) is 0 Å². The zero-order valence-corrected chi connectivity index (χ0v) is 22.9. The van der Waals surface area contributed by atoms with Gasteiger partial charge in [-0.1, -0.05) is 12.1 Å². The summed E-state index contributed by atoms with van der Waals surface area (Å²) in [7, 11) is 0. The zero-order chi connectivity index (χ0) is 31.2. The quantitative estimate of drug-likeness (QED) is 0.0751. The van der Waals surface area contributed by atoms with Crippen molar-refractivity contribution < 1.29 is 35.7 Å². The van der Waals surface area contributed by atoms with Gasteiger partial charge in [0.15, 0.2) is 0 Å². The van der Waals surface area contributed by atoms with Gasteiger partial charge in [0.25, 0.3) is 0 Å². The van der Waals surface area contributed by atoms with E-state index in [0.717, 1.165) is 55.0 Å². The molecule has 19 heteroatoms. The Hall–Kier alpha value is -6.06. The van der Waals surface area contributed by atoms with E-state index in [1.54, 1.807) is 24.8 Å². The average molecular weight is 683 g/mol. The first-order chi connectivity index (χ1) is 19.9. The first-order valence-electron chi connectivity index (χ1n) is 11.1. The zero-order valence-electron chi connectivity index (χ0n) is 21.4. The van der Waals surface area contributed by atoms with Crippen molar-refractivity contribution in [2.45, 2.75) is 0 Å². The number of rotatable bonds is 0. The van der Waals surface area contributed by atoms with Crippen LogP contribution >= 0.6 is 0 Å². The van der Waals surface area contributed by atoms with E-state index in [-0.39, 0.29) is 20.4 Å². The standard InChI is InChI=1S/2C12H9N3.3NO3.Pd/c2*13-10-7-8-3-1-5-14-11(8)12-9(10)4-2-6-15-12;3*2-1(3)4;/h2*1-7H,13H2;;;;/q;;3*-1;+2. The molecule has 0 aliphatic rings. The van der Waals surface area contributed by atoms with Crippen molar-refractivity contribution in [3.63, 3.8) is 0 Å². The number of aromatic nitrogens is 4. The van der Waals surface area contributed by atoms with E-state index in [0.29, 0.717) is 0 Å². The van der Waals surface area contributed by atoms with Crippen molar-refractivity contribution in [2.75, 3.05) is 11.5 Å². The predicted molar refractivity (Wildman–Crippen MR) is 154 cm³/mol. The van der Waals surface area contributed by atoms with Crippen molar-refractivity contribution in [3.05, 3.63) is 131 Å². The van der Waals surface area contributed by atoms with Crippen molar-refractivity contribution in [2.24, 2.45) is 0 Å². The van der Waals surface area contributed by atoms with Gasteiger partial charge < -0.3 is 57.4 Å². The van der Waals surface area contributed by atoms with Crippen LogP contribution in [-0.4, -0.2) is 35.2 Å². The maximum atomic E-state index is 8.25. The second-order valence-electron chi connectivity index (χ2n) is 7.55. The van der Waals surface area contributed by atoms with Gasteiger partial charge in [-0.3, -0.25) is 19.9 Å². The smallest absolute Gasteiger partial charge is 0.398 e. The monoisotopic (exact) mass is 682 g/mol. The van der Waals surface area contributed by atoms with Crippen LogP contribution in [0.15, 0.2) is 85.5 Å². The molecule has 2 aromatic carbocycles. The molecule has 0 bridgehead atoms. The number of nitrogens with two attached hydrogens (primary N) is 2. The molecule has 0 saturated heterocycles. The molecule has 0 aliphatic heterocycles. The number of hydrogen-bond acceptors (Lipinski definition) is 15. The van der Waals surface area contributed by atoms with E-state index < -0.39 is 15.3 Å². The van der Waals surface area contributed by atoms with Gasteiger partial charge in [-0.25, -0.2) is 0 Å². The molecule has 224 valence electrons. The molecule has 0 atom stereocenters. The fraction of sp³-hybridized carbons (Fsp3) is 0. The number of pyridine rings is 4. The Morgan fingerprint density at radius 3 is 1.05 bits per heavy atom. The average Bonchev–Trinajstić information content (AvgIpc) is 2.93. The molecule has 0 saturated carbocycles. The van der Waals surface area contributed by atoms with E-state index in [2.05, 4.69) is 19.9 Å². The van der Waals surface area contributed by atoms with Crippen LogP contribution < -0.4 is 11.5 Å². The summed E-state index contributed by atoms with van der Waals surface area (Å²) >= 11 is 0. The summed E-state index contributed by atoms with van der Waals surface area (Å²) in [5, 5.41) is 48.2. The molecular weight excluding hydrogens is 665 g/mol. The Labute approximate surface area is 253 Å². The molecule has 6 rings (SSSR count). The van der Waals surface area contributed by atoms with Gasteiger partial charge in [0.2, 0.25) is 0 Å². The minimum absolute atomic E-state index is 0. The van der Waals surface area contributed by atoms with E-state index in [9.17, 15) is 0 Å². The van der Waals surface area contributed by atoms with Crippen LogP contribution in [0.5, 0.6) is 0 Å². The first kappa shape index (κ1) is 35.0. The normalized spacial score (nSPS) is 9.30. The van der Waals surface area contributed by atoms with Gasteiger partial charge >= 0.3 is 20.4 Å². The van der Waals surface area contributed by atoms with Gasteiger partial charge in [-0.15, -0.1) is 0 Å². The summed E-state index contributed by atoms with van der Waals surface area (Å²) in [5.74, 6) is 0. The summed E-state index contributed by atoms with van der Waals surface area (Å²) in [4.78, 5) is 42.1. The van der Waals surface area contributed by atoms with E-state index in [1.165, 1.54) is 0 Å². The molecule has 6 aromatic rings. The number of anilines is 2. The molecular formula is C24H18N9O9Pd-. The Morgan fingerprint density at radius 1 is 0.488 bits per heavy atom. The van der Waals surface area contributed by atoms with Gasteiger partial charge in [0, 0.05) is 57.7 Å². The largest absolute Gasteiger partial charge is 2.00 e. The molecule has 43 heavy (non-hydrogen) atoms. The minimum Gasteiger partial charge on any atom is -0.398 e.